The molecule has 0 unspecified atom stereocenters. The molecule has 0 fully saturated rings. The second-order valence-electron chi connectivity index (χ2n) is 4.09. The molecule has 3 N–H and O–H groups in total. The number of nitrogens with zero attached hydrogens (tertiary/aromatic N) is 2. The van der Waals surface area contributed by atoms with Gasteiger partial charge in [-0.3, -0.25) is 0 Å². The zero-order chi connectivity index (χ0) is 12.0. The average molecular weight is 222 g/mol. The van der Waals surface area contributed by atoms with Crippen molar-refractivity contribution in [2.45, 2.75) is 52.1 Å². The van der Waals surface area contributed by atoms with Gasteiger partial charge in [-0.1, -0.05) is 20.8 Å². The van der Waals surface area contributed by atoms with E-state index in [9.17, 15) is 0 Å². The maximum atomic E-state index is 5.62. The lowest BCUT2D eigenvalue weighted by Crippen LogP contribution is -2.43. The van der Waals surface area contributed by atoms with E-state index in [-0.39, 0.29) is 5.54 Å². The molecule has 4 nitrogen and oxygen atoms in total. The molecule has 1 rings (SSSR count). The number of rotatable bonds is 6. The van der Waals surface area contributed by atoms with Crippen LogP contribution < -0.4 is 11.1 Å². The van der Waals surface area contributed by atoms with E-state index in [1.54, 1.807) is 12.3 Å². The van der Waals surface area contributed by atoms with E-state index >= 15 is 0 Å². The average Bonchev–Trinajstić information content (AvgIpc) is 2.32. The van der Waals surface area contributed by atoms with Crippen LogP contribution in [0.2, 0.25) is 0 Å². The van der Waals surface area contributed by atoms with Gasteiger partial charge in [0.1, 0.15) is 11.6 Å². The summed E-state index contributed by atoms with van der Waals surface area (Å²) in [5, 5.41) is 3.55. The molecule has 0 aliphatic rings. The highest BCUT2D eigenvalue weighted by Gasteiger charge is 2.22. The van der Waals surface area contributed by atoms with E-state index in [2.05, 4.69) is 36.1 Å². The molecule has 0 atom stereocenters. The molecule has 0 bridgehead atoms. The Morgan fingerprint density at radius 3 is 2.38 bits per heavy atom. The van der Waals surface area contributed by atoms with Crippen LogP contribution in [0.4, 0.5) is 5.82 Å². The van der Waals surface area contributed by atoms with Crippen LogP contribution in [-0.4, -0.2) is 15.5 Å². The summed E-state index contributed by atoms with van der Waals surface area (Å²) in [5.74, 6) is 1.29. The lowest BCUT2D eigenvalue weighted by Gasteiger charge is -2.31. The molecule has 0 aliphatic heterocycles. The fourth-order valence-electron chi connectivity index (χ4n) is 1.89. The predicted molar refractivity (Wildman–Crippen MR) is 66.9 cm³/mol. The minimum absolute atomic E-state index is 0.202. The van der Waals surface area contributed by atoms with E-state index in [1.807, 2.05) is 0 Å². The summed E-state index contributed by atoms with van der Waals surface area (Å²) in [7, 11) is 0. The fraction of sp³-hybridized carbons (Fsp3) is 0.667. The molecule has 0 amide bonds. The number of hydrogen-bond acceptors (Lipinski definition) is 4. The molecule has 0 radical (unpaired) electrons. The van der Waals surface area contributed by atoms with Crippen molar-refractivity contribution < 1.29 is 0 Å². The second-order valence-corrected chi connectivity index (χ2v) is 4.09. The van der Waals surface area contributed by atoms with Crippen LogP contribution in [0.15, 0.2) is 12.3 Å². The first-order valence-electron chi connectivity index (χ1n) is 5.98. The summed E-state index contributed by atoms with van der Waals surface area (Å²) in [6, 6.07) is 1.70. The zero-order valence-corrected chi connectivity index (χ0v) is 10.5. The number of nitrogens with two attached hydrogens (primary N) is 1. The third-order valence-corrected chi connectivity index (χ3v) is 3.38. The van der Waals surface area contributed by atoms with Gasteiger partial charge >= 0.3 is 0 Å². The number of anilines is 1. The Bertz CT molecular complexity index is 312. The first kappa shape index (κ1) is 12.9. The van der Waals surface area contributed by atoms with E-state index < -0.39 is 0 Å². The highest BCUT2D eigenvalue weighted by Crippen LogP contribution is 2.19. The van der Waals surface area contributed by atoms with Crippen molar-refractivity contribution in [2.75, 3.05) is 5.73 Å². The molecular formula is C12H22N4. The van der Waals surface area contributed by atoms with Crippen molar-refractivity contribution in [3.05, 3.63) is 18.1 Å². The number of aromatic nitrogens is 2. The lowest BCUT2D eigenvalue weighted by atomic mass is 9.90. The van der Waals surface area contributed by atoms with Gasteiger partial charge in [0.25, 0.3) is 0 Å². The van der Waals surface area contributed by atoms with Gasteiger partial charge in [-0.25, -0.2) is 9.97 Å². The van der Waals surface area contributed by atoms with Gasteiger partial charge in [-0.05, 0) is 25.3 Å². The number of hydrogen-bond donors (Lipinski definition) is 2. The molecule has 0 aromatic carbocycles. The molecule has 1 aromatic rings. The fourth-order valence-corrected chi connectivity index (χ4v) is 1.89. The normalized spacial score (nSPS) is 11.7. The van der Waals surface area contributed by atoms with Crippen molar-refractivity contribution in [2.24, 2.45) is 0 Å². The Morgan fingerprint density at radius 1 is 1.25 bits per heavy atom. The molecule has 0 saturated heterocycles. The third-order valence-electron chi connectivity index (χ3n) is 3.38. The minimum atomic E-state index is 0.202. The van der Waals surface area contributed by atoms with Gasteiger partial charge in [0.2, 0.25) is 0 Å². The topological polar surface area (TPSA) is 63.8 Å². The van der Waals surface area contributed by atoms with E-state index in [0.717, 1.165) is 25.1 Å². The molecule has 1 aromatic heterocycles. The van der Waals surface area contributed by atoms with Crippen LogP contribution in [0.25, 0.3) is 0 Å². The molecule has 1 heterocycles. The van der Waals surface area contributed by atoms with Crippen molar-refractivity contribution >= 4 is 5.82 Å². The van der Waals surface area contributed by atoms with E-state index in [4.69, 9.17) is 5.73 Å². The summed E-state index contributed by atoms with van der Waals surface area (Å²) in [6.07, 6.45) is 5.04. The van der Waals surface area contributed by atoms with Crippen molar-refractivity contribution in [3.63, 3.8) is 0 Å². The van der Waals surface area contributed by atoms with Gasteiger partial charge in [0.15, 0.2) is 0 Å². The summed E-state index contributed by atoms with van der Waals surface area (Å²) in [5.41, 5.74) is 5.82. The van der Waals surface area contributed by atoms with Crippen LogP contribution in [-0.2, 0) is 6.54 Å². The van der Waals surface area contributed by atoms with Gasteiger partial charge in [0, 0.05) is 11.7 Å². The van der Waals surface area contributed by atoms with Crippen LogP contribution in [0.3, 0.4) is 0 Å². The SMILES string of the molecule is CCC(CC)(CC)NCc1nccc(N)n1. The Hall–Kier alpha value is -1.16. The number of nitrogens with one attached hydrogen (secondary N) is 1. The molecule has 0 saturated carbocycles. The molecule has 4 heteroatoms. The van der Waals surface area contributed by atoms with Crippen molar-refractivity contribution in [1.29, 1.82) is 0 Å². The Kier molecular flexibility index (Phi) is 4.68. The van der Waals surface area contributed by atoms with Crippen molar-refractivity contribution in [3.8, 4) is 0 Å². The zero-order valence-electron chi connectivity index (χ0n) is 10.5. The predicted octanol–water partition coefficient (Wildman–Crippen LogP) is 2.12. The molecule has 90 valence electrons. The summed E-state index contributed by atoms with van der Waals surface area (Å²) in [4.78, 5) is 8.38. The van der Waals surface area contributed by atoms with Crippen LogP contribution >= 0.6 is 0 Å². The van der Waals surface area contributed by atoms with Gasteiger partial charge in [0.05, 0.1) is 6.54 Å². The van der Waals surface area contributed by atoms with Gasteiger partial charge in [-0.15, -0.1) is 0 Å². The van der Waals surface area contributed by atoms with Crippen LogP contribution in [0.1, 0.15) is 45.9 Å². The van der Waals surface area contributed by atoms with Crippen molar-refractivity contribution in [1.82, 2.24) is 15.3 Å². The van der Waals surface area contributed by atoms with Gasteiger partial charge in [-0.2, -0.15) is 0 Å². The van der Waals surface area contributed by atoms with Crippen LogP contribution in [0, 0.1) is 0 Å². The first-order chi connectivity index (χ1) is 7.65. The summed E-state index contributed by atoms with van der Waals surface area (Å²) in [6.45, 7) is 7.31. The maximum absolute atomic E-state index is 5.62. The monoisotopic (exact) mass is 222 g/mol. The summed E-state index contributed by atoms with van der Waals surface area (Å²) < 4.78 is 0. The quantitative estimate of drug-likeness (QED) is 0.774. The third kappa shape index (κ3) is 3.17. The first-order valence-corrected chi connectivity index (χ1v) is 5.98. The molecule has 0 spiro atoms. The number of nitrogen functional groups attached to an aromatic ring is 1. The Labute approximate surface area is 97.7 Å². The highest BCUT2D eigenvalue weighted by molar-refractivity contribution is 5.24. The Balaban J connectivity index is 2.62. The highest BCUT2D eigenvalue weighted by atomic mass is 15.0. The van der Waals surface area contributed by atoms with E-state index in [1.165, 1.54) is 0 Å². The van der Waals surface area contributed by atoms with E-state index in [0.29, 0.717) is 12.4 Å². The second kappa shape index (κ2) is 5.80. The molecular weight excluding hydrogens is 200 g/mol. The largest absolute Gasteiger partial charge is 0.384 e. The minimum Gasteiger partial charge on any atom is -0.384 e. The smallest absolute Gasteiger partial charge is 0.144 e. The summed E-state index contributed by atoms with van der Waals surface area (Å²) >= 11 is 0. The lowest BCUT2D eigenvalue weighted by molar-refractivity contribution is 0.285. The Morgan fingerprint density at radius 2 is 1.88 bits per heavy atom. The van der Waals surface area contributed by atoms with Gasteiger partial charge < -0.3 is 11.1 Å². The molecule has 16 heavy (non-hydrogen) atoms. The maximum Gasteiger partial charge on any atom is 0.144 e. The molecule has 0 aliphatic carbocycles. The standard InChI is InChI=1S/C12H22N4/c1-4-12(5-2,6-3)15-9-11-14-8-7-10(13)16-11/h7-8,15H,4-6,9H2,1-3H3,(H2,13,14,16). The van der Waals surface area contributed by atoms with Crippen LogP contribution in [0.5, 0.6) is 0 Å².